The van der Waals surface area contributed by atoms with Crippen molar-refractivity contribution in [2.45, 2.75) is 31.8 Å². The zero-order chi connectivity index (χ0) is 10.5. The van der Waals surface area contributed by atoms with Crippen LogP contribution < -0.4 is 5.32 Å². The number of rotatable bonds is 3. The fourth-order valence-electron chi connectivity index (χ4n) is 2.06. The molecule has 1 nitrogen and oxygen atoms in total. The maximum Gasteiger partial charge on any atom is 0.0294 e. The van der Waals surface area contributed by atoms with E-state index in [2.05, 4.69) is 54.3 Å². The van der Waals surface area contributed by atoms with E-state index >= 15 is 0 Å². The van der Waals surface area contributed by atoms with Crippen LogP contribution in [0.15, 0.2) is 30.3 Å². The van der Waals surface area contributed by atoms with Gasteiger partial charge in [-0.3, -0.25) is 0 Å². The van der Waals surface area contributed by atoms with Crippen molar-refractivity contribution >= 4 is 11.8 Å². The lowest BCUT2D eigenvalue weighted by molar-refractivity contribution is 0.431. The monoisotopic (exact) mass is 221 g/mol. The van der Waals surface area contributed by atoms with Gasteiger partial charge in [-0.25, -0.2) is 0 Å². The lowest BCUT2D eigenvalue weighted by Crippen LogP contribution is -2.34. The van der Waals surface area contributed by atoms with Crippen LogP contribution >= 0.6 is 11.8 Å². The maximum absolute atomic E-state index is 3.72. The lowest BCUT2D eigenvalue weighted by Gasteiger charge is -2.26. The van der Waals surface area contributed by atoms with Crippen molar-refractivity contribution in [1.82, 2.24) is 5.32 Å². The molecule has 0 spiro atoms. The van der Waals surface area contributed by atoms with Gasteiger partial charge in [0.1, 0.15) is 0 Å². The summed E-state index contributed by atoms with van der Waals surface area (Å²) in [5.41, 5.74) is 1.40. The molecule has 0 amide bonds. The molecule has 0 aromatic heterocycles. The first-order valence-corrected chi connectivity index (χ1v) is 6.90. The highest BCUT2D eigenvalue weighted by atomic mass is 32.2. The molecule has 1 aliphatic heterocycles. The molecule has 0 aliphatic carbocycles. The van der Waals surface area contributed by atoms with E-state index < -0.39 is 0 Å². The molecule has 1 saturated heterocycles. The summed E-state index contributed by atoms with van der Waals surface area (Å²) in [7, 11) is 0. The molecule has 1 aromatic rings. The van der Waals surface area contributed by atoms with Crippen LogP contribution in [0.1, 0.15) is 31.4 Å². The van der Waals surface area contributed by atoms with Gasteiger partial charge in [0.25, 0.3) is 0 Å². The predicted octanol–water partition coefficient (Wildman–Crippen LogP) is 3.23. The Balaban J connectivity index is 1.88. The van der Waals surface area contributed by atoms with E-state index in [0.29, 0.717) is 6.04 Å². The predicted molar refractivity (Wildman–Crippen MR) is 68.3 cm³/mol. The molecule has 1 atom stereocenters. The van der Waals surface area contributed by atoms with Crippen LogP contribution in [0.5, 0.6) is 0 Å². The Morgan fingerprint density at radius 2 is 1.87 bits per heavy atom. The minimum atomic E-state index is 0.485. The zero-order valence-electron chi connectivity index (χ0n) is 9.28. The molecule has 0 bridgehead atoms. The molecular formula is C13H19NS. The van der Waals surface area contributed by atoms with Crippen LogP contribution in [-0.2, 0) is 0 Å². The summed E-state index contributed by atoms with van der Waals surface area (Å²) in [6.45, 7) is 2.26. The Labute approximate surface area is 96.7 Å². The van der Waals surface area contributed by atoms with Gasteiger partial charge in [-0.1, -0.05) is 30.3 Å². The maximum atomic E-state index is 3.72. The van der Waals surface area contributed by atoms with E-state index in [9.17, 15) is 0 Å². The minimum Gasteiger partial charge on any atom is -0.307 e. The highest BCUT2D eigenvalue weighted by Gasteiger charge is 2.15. The second-order valence-electron chi connectivity index (χ2n) is 4.19. The molecule has 2 heteroatoms. The van der Waals surface area contributed by atoms with E-state index in [-0.39, 0.29) is 0 Å². The molecule has 0 radical (unpaired) electrons. The summed E-state index contributed by atoms with van der Waals surface area (Å²) in [4.78, 5) is 0. The quantitative estimate of drug-likeness (QED) is 0.841. The Morgan fingerprint density at radius 3 is 2.53 bits per heavy atom. The lowest BCUT2D eigenvalue weighted by atomic mass is 10.1. The Morgan fingerprint density at radius 1 is 1.20 bits per heavy atom. The SMILES string of the molecule is C[C@H](NC1CCSCC1)c1ccccc1. The fourth-order valence-corrected chi connectivity index (χ4v) is 3.16. The Bertz CT molecular complexity index is 280. The van der Waals surface area contributed by atoms with Crippen LogP contribution in [0.3, 0.4) is 0 Å². The van der Waals surface area contributed by atoms with Gasteiger partial charge in [0, 0.05) is 12.1 Å². The van der Waals surface area contributed by atoms with E-state index in [1.165, 1.54) is 29.9 Å². The van der Waals surface area contributed by atoms with Crippen LogP contribution in [-0.4, -0.2) is 17.5 Å². The first kappa shape index (κ1) is 11.0. The van der Waals surface area contributed by atoms with Crippen molar-refractivity contribution in [3.05, 3.63) is 35.9 Å². The van der Waals surface area contributed by atoms with Gasteiger partial charge in [-0.05, 0) is 36.8 Å². The Hall–Kier alpha value is -0.470. The second kappa shape index (κ2) is 5.57. The zero-order valence-corrected chi connectivity index (χ0v) is 10.1. The highest BCUT2D eigenvalue weighted by Crippen LogP contribution is 2.20. The summed E-state index contributed by atoms with van der Waals surface area (Å²) >= 11 is 2.08. The van der Waals surface area contributed by atoms with Crippen LogP contribution in [0.4, 0.5) is 0 Å². The van der Waals surface area contributed by atoms with Crippen molar-refractivity contribution in [3.8, 4) is 0 Å². The number of nitrogens with one attached hydrogen (secondary N) is 1. The molecule has 1 aromatic carbocycles. The molecule has 1 heterocycles. The average Bonchev–Trinajstić information content (AvgIpc) is 2.31. The van der Waals surface area contributed by atoms with E-state index in [4.69, 9.17) is 0 Å². The van der Waals surface area contributed by atoms with Crippen molar-refractivity contribution < 1.29 is 0 Å². The van der Waals surface area contributed by atoms with Gasteiger partial charge in [-0.15, -0.1) is 0 Å². The molecule has 82 valence electrons. The number of hydrogen-bond donors (Lipinski definition) is 1. The third kappa shape index (κ3) is 3.25. The number of benzene rings is 1. The third-order valence-corrected chi connectivity index (χ3v) is 4.06. The van der Waals surface area contributed by atoms with Crippen molar-refractivity contribution in [3.63, 3.8) is 0 Å². The fraction of sp³-hybridized carbons (Fsp3) is 0.538. The highest BCUT2D eigenvalue weighted by molar-refractivity contribution is 7.99. The molecule has 1 N–H and O–H groups in total. The normalized spacial score (nSPS) is 20.1. The summed E-state index contributed by atoms with van der Waals surface area (Å²) in [6.07, 6.45) is 2.64. The van der Waals surface area contributed by atoms with Gasteiger partial charge in [-0.2, -0.15) is 11.8 Å². The largest absolute Gasteiger partial charge is 0.307 e. The number of hydrogen-bond acceptors (Lipinski definition) is 2. The van der Waals surface area contributed by atoms with Crippen LogP contribution in [0.25, 0.3) is 0 Å². The molecule has 1 aliphatic rings. The topological polar surface area (TPSA) is 12.0 Å². The smallest absolute Gasteiger partial charge is 0.0294 e. The van der Waals surface area contributed by atoms with E-state index in [0.717, 1.165) is 6.04 Å². The number of thioether (sulfide) groups is 1. The molecule has 15 heavy (non-hydrogen) atoms. The van der Waals surface area contributed by atoms with Gasteiger partial charge in [0.05, 0.1) is 0 Å². The summed E-state index contributed by atoms with van der Waals surface area (Å²) in [5, 5.41) is 3.72. The van der Waals surface area contributed by atoms with Gasteiger partial charge < -0.3 is 5.32 Å². The molecule has 0 saturated carbocycles. The third-order valence-electron chi connectivity index (χ3n) is 3.01. The van der Waals surface area contributed by atoms with Gasteiger partial charge in [0.2, 0.25) is 0 Å². The van der Waals surface area contributed by atoms with Crippen molar-refractivity contribution in [1.29, 1.82) is 0 Å². The first-order valence-electron chi connectivity index (χ1n) is 5.75. The van der Waals surface area contributed by atoms with E-state index in [1.54, 1.807) is 0 Å². The molecule has 2 rings (SSSR count). The first-order chi connectivity index (χ1) is 7.36. The molecule has 0 unspecified atom stereocenters. The summed E-state index contributed by atoms with van der Waals surface area (Å²) < 4.78 is 0. The molecule has 1 fully saturated rings. The van der Waals surface area contributed by atoms with Crippen LogP contribution in [0, 0.1) is 0 Å². The molecular weight excluding hydrogens is 202 g/mol. The standard InChI is InChI=1S/C13H19NS/c1-11(12-5-3-2-4-6-12)14-13-7-9-15-10-8-13/h2-6,11,13-14H,7-10H2,1H3/t11-/m0/s1. The minimum absolute atomic E-state index is 0.485. The average molecular weight is 221 g/mol. The summed E-state index contributed by atoms with van der Waals surface area (Å²) in [6, 6.07) is 11.9. The van der Waals surface area contributed by atoms with Crippen molar-refractivity contribution in [2.75, 3.05) is 11.5 Å². The van der Waals surface area contributed by atoms with Gasteiger partial charge >= 0.3 is 0 Å². The van der Waals surface area contributed by atoms with E-state index in [1.807, 2.05) is 0 Å². The Kier molecular flexibility index (Phi) is 4.09. The van der Waals surface area contributed by atoms with Crippen molar-refractivity contribution in [2.24, 2.45) is 0 Å². The second-order valence-corrected chi connectivity index (χ2v) is 5.41. The summed E-state index contributed by atoms with van der Waals surface area (Å²) in [5.74, 6) is 2.64. The van der Waals surface area contributed by atoms with Gasteiger partial charge in [0.15, 0.2) is 0 Å². The van der Waals surface area contributed by atoms with Crippen LogP contribution in [0.2, 0.25) is 0 Å².